The van der Waals surface area contributed by atoms with Crippen LogP contribution in [0.1, 0.15) is 24.5 Å². The number of amides is 2. The average Bonchev–Trinajstić information content (AvgIpc) is 2.91. The van der Waals surface area contributed by atoms with E-state index in [4.69, 9.17) is 14.2 Å². The molecule has 10 nitrogen and oxygen atoms in total. The maximum Gasteiger partial charge on any atom is 0.407 e. The topological polar surface area (TPSA) is 114 Å². The van der Waals surface area contributed by atoms with Crippen LogP contribution in [0.4, 0.5) is 4.79 Å². The van der Waals surface area contributed by atoms with Crippen molar-refractivity contribution in [3.63, 3.8) is 0 Å². The average molecular weight is 512 g/mol. The van der Waals surface area contributed by atoms with Gasteiger partial charge in [0.25, 0.3) is 0 Å². The third kappa shape index (κ3) is 9.92. The Morgan fingerprint density at radius 1 is 0.865 bits per heavy atom. The number of benzene rings is 2. The van der Waals surface area contributed by atoms with Crippen LogP contribution in [0.25, 0.3) is 0 Å². The molecule has 1 saturated heterocycles. The predicted octanol–water partition coefficient (Wildman–Crippen LogP) is 2.12. The monoisotopic (exact) mass is 511 g/mol. The summed E-state index contributed by atoms with van der Waals surface area (Å²) in [4.78, 5) is 52.0. The lowest BCUT2D eigenvalue weighted by Gasteiger charge is -2.40. The predicted molar refractivity (Wildman–Crippen MR) is 134 cm³/mol. The van der Waals surface area contributed by atoms with Crippen molar-refractivity contribution >= 4 is 23.9 Å². The standard InChI is InChI=1S/C27H33N3O7/c1-21(31)35-20-24-16-30(15-14-29(24)17-26(33)36-18-22-8-4-2-5-9-22)25(32)12-13-28-27(34)37-19-23-10-6-3-7-11-23/h2-11,24H,12-20H2,1H3,(H,28,34). The highest BCUT2D eigenvalue weighted by molar-refractivity contribution is 5.77. The number of hydrogen-bond donors (Lipinski definition) is 1. The molecule has 10 heteroatoms. The Bertz CT molecular complexity index is 1030. The summed E-state index contributed by atoms with van der Waals surface area (Å²) in [5.41, 5.74) is 1.76. The van der Waals surface area contributed by atoms with Gasteiger partial charge in [-0.05, 0) is 11.1 Å². The molecular weight excluding hydrogens is 478 g/mol. The summed E-state index contributed by atoms with van der Waals surface area (Å²) in [6.45, 7) is 2.95. The fourth-order valence-electron chi connectivity index (χ4n) is 3.85. The summed E-state index contributed by atoms with van der Waals surface area (Å²) in [7, 11) is 0. The van der Waals surface area contributed by atoms with Gasteiger partial charge in [0.2, 0.25) is 5.91 Å². The van der Waals surface area contributed by atoms with Crippen molar-refractivity contribution in [3.05, 3.63) is 71.8 Å². The molecule has 0 spiro atoms. The molecule has 198 valence electrons. The first-order chi connectivity index (χ1) is 17.9. The van der Waals surface area contributed by atoms with Crippen LogP contribution in [0.3, 0.4) is 0 Å². The molecule has 1 heterocycles. The first-order valence-electron chi connectivity index (χ1n) is 12.2. The van der Waals surface area contributed by atoms with Gasteiger partial charge < -0.3 is 24.4 Å². The minimum atomic E-state index is -0.594. The van der Waals surface area contributed by atoms with Gasteiger partial charge in [-0.25, -0.2) is 4.79 Å². The number of nitrogens with zero attached hydrogens (tertiary/aromatic N) is 2. The highest BCUT2D eigenvalue weighted by Crippen LogP contribution is 2.13. The van der Waals surface area contributed by atoms with E-state index in [0.29, 0.717) is 13.1 Å². The molecule has 1 unspecified atom stereocenters. The zero-order chi connectivity index (χ0) is 26.5. The number of esters is 2. The molecule has 3 rings (SSSR count). The molecule has 0 aromatic heterocycles. The zero-order valence-corrected chi connectivity index (χ0v) is 21.0. The molecule has 2 aromatic carbocycles. The maximum atomic E-state index is 12.7. The summed E-state index contributed by atoms with van der Waals surface area (Å²) in [5.74, 6) is -0.981. The Hall–Kier alpha value is -3.92. The summed E-state index contributed by atoms with van der Waals surface area (Å²) >= 11 is 0. The van der Waals surface area contributed by atoms with Gasteiger partial charge in [0.05, 0.1) is 12.6 Å². The van der Waals surface area contributed by atoms with Crippen molar-refractivity contribution in [3.8, 4) is 0 Å². The second-order valence-electron chi connectivity index (χ2n) is 8.65. The lowest BCUT2D eigenvalue weighted by atomic mass is 10.1. The van der Waals surface area contributed by atoms with E-state index in [1.807, 2.05) is 65.6 Å². The van der Waals surface area contributed by atoms with Gasteiger partial charge in [-0.15, -0.1) is 0 Å². The van der Waals surface area contributed by atoms with Gasteiger partial charge in [0.1, 0.15) is 19.8 Å². The lowest BCUT2D eigenvalue weighted by molar-refractivity contribution is -0.150. The highest BCUT2D eigenvalue weighted by Gasteiger charge is 2.31. The van der Waals surface area contributed by atoms with E-state index < -0.39 is 18.0 Å². The molecule has 1 N–H and O–H groups in total. The van der Waals surface area contributed by atoms with Crippen LogP contribution in [0, 0.1) is 0 Å². The number of nitrogens with one attached hydrogen (secondary N) is 1. The smallest absolute Gasteiger partial charge is 0.407 e. The normalized spacial score (nSPS) is 15.5. The van der Waals surface area contributed by atoms with Gasteiger partial charge in [-0.2, -0.15) is 0 Å². The fourth-order valence-corrected chi connectivity index (χ4v) is 3.85. The Morgan fingerprint density at radius 3 is 2.11 bits per heavy atom. The Morgan fingerprint density at radius 2 is 1.49 bits per heavy atom. The van der Waals surface area contributed by atoms with E-state index in [2.05, 4.69) is 5.32 Å². The van der Waals surface area contributed by atoms with Gasteiger partial charge in [-0.1, -0.05) is 60.7 Å². The summed E-state index contributed by atoms with van der Waals surface area (Å²) in [5, 5.41) is 2.59. The molecule has 1 aliphatic rings. The second kappa shape index (κ2) is 14.6. The van der Waals surface area contributed by atoms with Crippen molar-refractivity contribution in [2.75, 3.05) is 39.3 Å². The molecule has 0 saturated carbocycles. The molecule has 2 amide bonds. The number of piperazine rings is 1. The third-order valence-electron chi connectivity index (χ3n) is 5.83. The van der Waals surface area contributed by atoms with Crippen molar-refractivity contribution in [2.24, 2.45) is 0 Å². The lowest BCUT2D eigenvalue weighted by Crippen LogP contribution is -2.57. The molecule has 1 fully saturated rings. The molecule has 0 bridgehead atoms. The second-order valence-corrected chi connectivity index (χ2v) is 8.65. The Balaban J connectivity index is 1.43. The largest absolute Gasteiger partial charge is 0.464 e. The molecule has 37 heavy (non-hydrogen) atoms. The van der Waals surface area contributed by atoms with Crippen LogP contribution in [-0.4, -0.2) is 79.1 Å². The maximum absolute atomic E-state index is 12.7. The number of carbonyl (C=O) groups is 4. The van der Waals surface area contributed by atoms with Crippen molar-refractivity contribution < 1.29 is 33.4 Å². The first-order valence-corrected chi connectivity index (χ1v) is 12.2. The molecule has 0 radical (unpaired) electrons. The molecule has 1 aliphatic heterocycles. The molecule has 0 aliphatic carbocycles. The SMILES string of the molecule is CC(=O)OCC1CN(C(=O)CCNC(=O)OCc2ccccc2)CCN1CC(=O)OCc1ccccc1. The van der Waals surface area contributed by atoms with E-state index in [0.717, 1.165) is 11.1 Å². The Labute approximate surface area is 216 Å². The quantitative estimate of drug-likeness (QED) is 0.361. The number of alkyl carbamates (subject to hydrolysis) is 1. The van der Waals surface area contributed by atoms with Crippen molar-refractivity contribution in [1.29, 1.82) is 0 Å². The van der Waals surface area contributed by atoms with Gasteiger partial charge >= 0.3 is 18.0 Å². The van der Waals surface area contributed by atoms with Crippen LogP contribution >= 0.6 is 0 Å². The minimum absolute atomic E-state index is 0.0234. The Kier molecular flexibility index (Phi) is 10.9. The van der Waals surface area contributed by atoms with Gasteiger partial charge in [-0.3, -0.25) is 19.3 Å². The highest BCUT2D eigenvalue weighted by atomic mass is 16.5. The first kappa shape index (κ1) is 27.7. The van der Waals surface area contributed by atoms with Gasteiger partial charge in [0, 0.05) is 39.5 Å². The van der Waals surface area contributed by atoms with E-state index in [1.165, 1.54) is 6.92 Å². The van der Waals surface area contributed by atoms with Crippen molar-refractivity contribution in [2.45, 2.75) is 32.6 Å². The number of hydrogen-bond acceptors (Lipinski definition) is 8. The van der Waals surface area contributed by atoms with E-state index in [1.54, 1.807) is 4.90 Å². The fraction of sp³-hybridized carbons (Fsp3) is 0.407. The molecular formula is C27H33N3O7. The number of rotatable bonds is 11. The zero-order valence-electron chi connectivity index (χ0n) is 21.0. The van der Waals surface area contributed by atoms with Crippen LogP contribution < -0.4 is 5.32 Å². The summed E-state index contributed by atoms with van der Waals surface area (Å²) < 4.78 is 15.7. The van der Waals surface area contributed by atoms with Crippen LogP contribution in [0.15, 0.2) is 60.7 Å². The van der Waals surface area contributed by atoms with E-state index >= 15 is 0 Å². The number of ether oxygens (including phenoxy) is 3. The molecule has 2 aromatic rings. The van der Waals surface area contributed by atoms with Crippen LogP contribution in [0.2, 0.25) is 0 Å². The van der Waals surface area contributed by atoms with Crippen LogP contribution in [0.5, 0.6) is 0 Å². The van der Waals surface area contributed by atoms with Gasteiger partial charge in [0.15, 0.2) is 0 Å². The van der Waals surface area contributed by atoms with Crippen molar-refractivity contribution in [1.82, 2.24) is 15.1 Å². The van der Waals surface area contributed by atoms with E-state index in [9.17, 15) is 19.2 Å². The van der Waals surface area contributed by atoms with Crippen LogP contribution in [-0.2, 0) is 41.8 Å². The summed E-state index contributed by atoms with van der Waals surface area (Å²) in [6.07, 6.45) is -0.497. The number of carbonyl (C=O) groups excluding carboxylic acids is 4. The minimum Gasteiger partial charge on any atom is -0.464 e. The summed E-state index contributed by atoms with van der Waals surface area (Å²) in [6, 6.07) is 18.3. The molecule has 1 atom stereocenters. The van der Waals surface area contributed by atoms with E-state index in [-0.39, 0.29) is 57.8 Å². The third-order valence-corrected chi connectivity index (χ3v) is 5.83.